The molecule has 3 rings (SSSR count). The van der Waals surface area contributed by atoms with Crippen molar-refractivity contribution in [1.29, 1.82) is 0 Å². The molecule has 0 radical (unpaired) electrons. The standard InChI is InChI=1S/C15H18N4OS/c1-19(11-6-7-21-9-11)15-12(14(16)18-20)8-10-4-2-3-5-13(10)17-15/h2-5,8,11,20H,6-7,9H2,1H3,(H2,16,18). The van der Waals surface area contributed by atoms with Gasteiger partial charge in [0.05, 0.1) is 11.1 Å². The summed E-state index contributed by atoms with van der Waals surface area (Å²) in [5.41, 5.74) is 7.44. The second-order valence-corrected chi connectivity index (χ2v) is 6.32. The van der Waals surface area contributed by atoms with Crippen molar-refractivity contribution in [2.75, 3.05) is 23.5 Å². The molecule has 1 atom stereocenters. The smallest absolute Gasteiger partial charge is 0.173 e. The van der Waals surface area contributed by atoms with E-state index in [9.17, 15) is 0 Å². The van der Waals surface area contributed by atoms with Crippen LogP contribution in [-0.4, -0.2) is 40.6 Å². The number of para-hydroxylation sites is 1. The summed E-state index contributed by atoms with van der Waals surface area (Å²) in [4.78, 5) is 6.89. The van der Waals surface area contributed by atoms with Crippen LogP contribution >= 0.6 is 11.8 Å². The topological polar surface area (TPSA) is 74.7 Å². The van der Waals surface area contributed by atoms with E-state index in [4.69, 9.17) is 15.9 Å². The third-order valence-electron chi connectivity index (χ3n) is 3.87. The predicted octanol–water partition coefficient (Wildman–Crippen LogP) is 2.27. The lowest BCUT2D eigenvalue weighted by molar-refractivity contribution is 0.318. The van der Waals surface area contributed by atoms with Crippen molar-refractivity contribution in [3.05, 3.63) is 35.9 Å². The van der Waals surface area contributed by atoms with Crippen molar-refractivity contribution in [2.45, 2.75) is 12.5 Å². The molecule has 1 aromatic heterocycles. The molecule has 5 nitrogen and oxygen atoms in total. The highest BCUT2D eigenvalue weighted by Crippen LogP contribution is 2.29. The molecule has 1 fully saturated rings. The first-order valence-corrected chi connectivity index (χ1v) is 8.04. The Kier molecular flexibility index (Phi) is 3.88. The number of hydrogen-bond donors (Lipinski definition) is 2. The van der Waals surface area contributed by atoms with E-state index in [1.54, 1.807) is 0 Å². The number of fused-ring (bicyclic) bond motifs is 1. The molecule has 1 unspecified atom stereocenters. The van der Waals surface area contributed by atoms with Gasteiger partial charge >= 0.3 is 0 Å². The van der Waals surface area contributed by atoms with Gasteiger partial charge in [0.25, 0.3) is 0 Å². The molecule has 0 spiro atoms. The van der Waals surface area contributed by atoms with Crippen LogP contribution in [-0.2, 0) is 0 Å². The van der Waals surface area contributed by atoms with E-state index in [2.05, 4.69) is 10.1 Å². The summed E-state index contributed by atoms with van der Waals surface area (Å²) in [5, 5.41) is 13.2. The minimum atomic E-state index is 0.0979. The minimum Gasteiger partial charge on any atom is -0.409 e. The maximum Gasteiger partial charge on any atom is 0.173 e. The highest BCUT2D eigenvalue weighted by Gasteiger charge is 2.24. The summed E-state index contributed by atoms with van der Waals surface area (Å²) in [6, 6.07) is 10.3. The predicted molar refractivity (Wildman–Crippen MR) is 88.4 cm³/mol. The minimum absolute atomic E-state index is 0.0979. The molecule has 1 aliphatic heterocycles. The largest absolute Gasteiger partial charge is 0.409 e. The Balaban J connectivity index is 2.13. The summed E-state index contributed by atoms with van der Waals surface area (Å²) >= 11 is 1.95. The van der Waals surface area contributed by atoms with Crippen molar-refractivity contribution in [3.8, 4) is 0 Å². The Morgan fingerprint density at radius 2 is 2.29 bits per heavy atom. The van der Waals surface area contributed by atoms with Gasteiger partial charge < -0.3 is 15.8 Å². The van der Waals surface area contributed by atoms with Crippen LogP contribution in [0.3, 0.4) is 0 Å². The Hall–Kier alpha value is -1.95. The van der Waals surface area contributed by atoms with Gasteiger partial charge in [-0.1, -0.05) is 23.4 Å². The van der Waals surface area contributed by atoms with E-state index in [0.29, 0.717) is 11.6 Å². The van der Waals surface area contributed by atoms with Crippen LogP contribution in [0.15, 0.2) is 35.5 Å². The first kappa shape index (κ1) is 14.0. The van der Waals surface area contributed by atoms with Crippen LogP contribution in [0.5, 0.6) is 0 Å². The first-order valence-electron chi connectivity index (χ1n) is 6.89. The first-order chi connectivity index (χ1) is 10.2. The van der Waals surface area contributed by atoms with Gasteiger partial charge in [-0.2, -0.15) is 11.8 Å². The van der Waals surface area contributed by atoms with Crippen molar-refractivity contribution >= 4 is 34.3 Å². The molecule has 2 heterocycles. The molecule has 1 aliphatic rings. The van der Waals surface area contributed by atoms with E-state index in [1.807, 2.05) is 49.1 Å². The number of amidine groups is 1. The van der Waals surface area contributed by atoms with Gasteiger partial charge in [-0.25, -0.2) is 4.98 Å². The summed E-state index contributed by atoms with van der Waals surface area (Å²) in [5.74, 6) is 3.12. The zero-order chi connectivity index (χ0) is 14.8. The number of thioether (sulfide) groups is 1. The van der Waals surface area contributed by atoms with Gasteiger partial charge in [-0.15, -0.1) is 0 Å². The van der Waals surface area contributed by atoms with E-state index >= 15 is 0 Å². The molecule has 0 aliphatic carbocycles. The van der Waals surface area contributed by atoms with Gasteiger partial charge in [0, 0.05) is 24.2 Å². The average molecular weight is 302 g/mol. The molecule has 3 N–H and O–H groups in total. The molecule has 1 saturated heterocycles. The number of nitrogens with zero attached hydrogens (tertiary/aromatic N) is 3. The summed E-state index contributed by atoms with van der Waals surface area (Å²) < 4.78 is 0. The van der Waals surface area contributed by atoms with E-state index < -0.39 is 0 Å². The summed E-state index contributed by atoms with van der Waals surface area (Å²) in [7, 11) is 2.03. The van der Waals surface area contributed by atoms with E-state index in [1.165, 1.54) is 5.75 Å². The maximum absolute atomic E-state index is 9.04. The molecule has 2 aromatic rings. The molecule has 110 valence electrons. The van der Waals surface area contributed by atoms with Crippen LogP contribution in [0.25, 0.3) is 10.9 Å². The summed E-state index contributed by atoms with van der Waals surface area (Å²) in [6.45, 7) is 0. The lowest BCUT2D eigenvalue weighted by Crippen LogP contribution is -2.34. The highest BCUT2D eigenvalue weighted by atomic mass is 32.2. The Morgan fingerprint density at radius 3 is 3.00 bits per heavy atom. The zero-order valence-corrected chi connectivity index (χ0v) is 12.7. The molecule has 0 saturated carbocycles. The van der Waals surface area contributed by atoms with Crippen LogP contribution in [0, 0.1) is 0 Å². The molecule has 0 amide bonds. The number of anilines is 1. The van der Waals surface area contributed by atoms with Crippen LogP contribution in [0.1, 0.15) is 12.0 Å². The second kappa shape index (κ2) is 5.81. The van der Waals surface area contributed by atoms with Crippen molar-refractivity contribution < 1.29 is 5.21 Å². The van der Waals surface area contributed by atoms with Crippen LogP contribution in [0.4, 0.5) is 5.82 Å². The molecular formula is C15H18N4OS. The molecule has 1 aromatic carbocycles. The number of oxime groups is 1. The monoisotopic (exact) mass is 302 g/mol. The maximum atomic E-state index is 9.04. The lowest BCUT2D eigenvalue weighted by atomic mass is 10.1. The zero-order valence-electron chi connectivity index (χ0n) is 11.9. The Labute approximate surface area is 127 Å². The van der Waals surface area contributed by atoms with Gasteiger partial charge in [0.1, 0.15) is 5.82 Å². The Morgan fingerprint density at radius 1 is 1.48 bits per heavy atom. The average Bonchev–Trinajstić information content (AvgIpc) is 3.06. The van der Waals surface area contributed by atoms with Gasteiger partial charge in [0.2, 0.25) is 0 Å². The molecule has 0 bridgehead atoms. The number of nitrogens with two attached hydrogens (primary N) is 1. The van der Waals surface area contributed by atoms with Gasteiger partial charge in [-0.3, -0.25) is 0 Å². The van der Waals surface area contributed by atoms with Crippen molar-refractivity contribution in [2.24, 2.45) is 10.9 Å². The molecule has 6 heteroatoms. The third kappa shape index (κ3) is 2.63. The number of aromatic nitrogens is 1. The van der Waals surface area contributed by atoms with Crippen LogP contribution < -0.4 is 10.6 Å². The number of pyridine rings is 1. The fourth-order valence-corrected chi connectivity index (χ4v) is 3.89. The SMILES string of the molecule is CN(c1nc2ccccc2cc1C(N)=NO)C1CCSC1. The third-order valence-corrected chi connectivity index (χ3v) is 5.02. The normalized spacial score (nSPS) is 19.1. The highest BCUT2D eigenvalue weighted by molar-refractivity contribution is 7.99. The molecule has 21 heavy (non-hydrogen) atoms. The second-order valence-electron chi connectivity index (χ2n) is 5.17. The summed E-state index contributed by atoms with van der Waals surface area (Å²) in [6.07, 6.45) is 1.13. The van der Waals surface area contributed by atoms with Gasteiger partial charge in [-0.05, 0) is 24.3 Å². The van der Waals surface area contributed by atoms with E-state index in [-0.39, 0.29) is 5.84 Å². The fourth-order valence-electron chi connectivity index (χ4n) is 2.62. The van der Waals surface area contributed by atoms with Crippen molar-refractivity contribution in [1.82, 2.24) is 4.98 Å². The quantitative estimate of drug-likeness (QED) is 0.394. The Bertz CT molecular complexity index is 682. The fraction of sp³-hybridized carbons (Fsp3) is 0.333. The molecular weight excluding hydrogens is 284 g/mol. The van der Waals surface area contributed by atoms with Gasteiger partial charge in [0.15, 0.2) is 5.84 Å². The lowest BCUT2D eigenvalue weighted by Gasteiger charge is -2.27. The van der Waals surface area contributed by atoms with Crippen LogP contribution in [0.2, 0.25) is 0 Å². The number of hydrogen-bond acceptors (Lipinski definition) is 5. The number of rotatable bonds is 3. The van der Waals surface area contributed by atoms with Crippen molar-refractivity contribution in [3.63, 3.8) is 0 Å². The van der Waals surface area contributed by atoms with E-state index in [0.717, 1.165) is 28.9 Å². The number of benzene rings is 1.